The third-order valence-corrected chi connectivity index (χ3v) is 6.69. The van der Waals surface area contributed by atoms with E-state index >= 15 is 0 Å². The van der Waals surface area contributed by atoms with E-state index in [0.29, 0.717) is 24.2 Å². The first-order valence-electron chi connectivity index (χ1n) is 11.0. The number of carbonyl (C=O) groups excluding carboxylic acids is 2. The van der Waals surface area contributed by atoms with Gasteiger partial charge in [0, 0.05) is 5.33 Å². The maximum absolute atomic E-state index is 14.1. The number of alkyl halides is 1. The fraction of sp³-hybridized carbons (Fsp3) is 0.259. The first-order valence-corrected chi connectivity index (χ1v) is 12.2. The molecule has 2 amide bonds. The standard InChI is InChI=1S/C27H27BrN2O2/c1-2-3-18-27(19-21-14-16-22(20-28)17-15-21)25(31)29(23-10-6-4-7-11-23)30(26(27)32)24-12-8-5-9-13-24/h4-17H,2-3,18-20H2,1H3. The Bertz CT molecular complexity index is 1010. The Balaban J connectivity index is 1.82. The minimum Gasteiger partial charge on any atom is -0.271 e. The quantitative estimate of drug-likeness (QED) is 0.274. The summed E-state index contributed by atoms with van der Waals surface area (Å²) >= 11 is 3.48. The second kappa shape index (κ2) is 9.70. The molecule has 1 aliphatic heterocycles. The highest BCUT2D eigenvalue weighted by Crippen LogP contribution is 2.43. The summed E-state index contributed by atoms with van der Waals surface area (Å²) in [5.74, 6) is -0.314. The lowest BCUT2D eigenvalue weighted by atomic mass is 9.76. The number of amides is 2. The smallest absolute Gasteiger partial charge is 0.262 e. The maximum atomic E-state index is 14.1. The van der Waals surface area contributed by atoms with Gasteiger partial charge in [-0.25, -0.2) is 10.0 Å². The van der Waals surface area contributed by atoms with Crippen molar-refractivity contribution in [3.8, 4) is 0 Å². The van der Waals surface area contributed by atoms with E-state index in [1.54, 1.807) is 10.0 Å². The molecule has 0 bridgehead atoms. The van der Waals surface area contributed by atoms with Crippen LogP contribution >= 0.6 is 15.9 Å². The molecular weight excluding hydrogens is 464 g/mol. The van der Waals surface area contributed by atoms with E-state index in [4.69, 9.17) is 0 Å². The van der Waals surface area contributed by atoms with Crippen LogP contribution in [0.15, 0.2) is 84.9 Å². The van der Waals surface area contributed by atoms with Crippen LogP contribution in [0.5, 0.6) is 0 Å². The van der Waals surface area contributed by atoms with E-state index in [0.717, 1.165) is 29.3 Å². The SMILES string of the molecule is CCCCC1(Cc2ccc(CBr)cc2)C(=O)N(c2ccccc2)N(c2ccccc2)C1=O. The van der Waals surface area contributed by atoms with Gasteiger partial charge in [0.2, 0.25) is 0 Å². The number of nitrogens with zero attached hydrogens (tertiary/aromatic N) is 2. The topological polar surface area (TPSA) is 40.6 Å². The highest BCUT2D eigenvalue weighted by atomic mass is 79.9. The minimum absolute atomic E-state index is 0.157. The number of hydrogen-bond acceptors (Lipinski definition) is 2. The number of para-hydroxylation sites is 2. The molecule has 1 saturated heterocycles. The molecule has 0 radical (unpaired) electrons. The molecule has 0 saturated carbocycles. The van der Waals surface area contributed by atoms with E-state index in [1.807, 2.05) is 84.9 Å². The van der Waals surface area contributed by atoms with Crippen molar-refractivity contribution in [2.24, 2.45) is 5.41 Å². The summed E-state index contributed by atoms with van der Waals surface area (Å²) in [6, 6.07) is 27.0. The predicted octanol–water partition coefficient (Wildman–Crippen LogP) is 6.30. The van der Waals surface area contributed by atoms with E-state index in [-0.39, 0.29) is 11.8 Å². The van der Waals surface area contributed by atoms with Crippen molar-refractivity contribution in [2.45, 2.75) is 37.9 Å². The number of hydrogen-bond donors (Lipinski definition) is 0. The van der Waals surface area contributed by atoms with Crippen LogP contribution in [-0.2, 0) is 21.3 Å². The number of benzene rings is 3. The molecule has 0 aromatic heterocycles. The van der Waals surface area contributed by atoms with Gasteiger partial charge in [-0.2, -0.15) is 0 Å². The summed E-state index contributed by atoms with van der Waals surface area (Å²) in [5, 5.41) is 3.91. The van der Waals surface area contributed by atoms with Gasteiger partial charge in [-0.3, -0.25) is 9.59 Å². The lowest BCUT2D eigenvalue weighted by Gasteiger charge is -2.27. The summed E-state index contributed by atoms with van der Waals surface area (Å²) in [7, 11) is 0. The van der Waals surface area contributed by atoms with Gasteiger partial charge in [0.05, 0.1) is 11.4 Å². The van der Waals surface area contributed by atoms with Crippen molar-refractivity contribution in [3.05, 3.63) is 96.1 Å². The molecule has 3 aromatic rings. The third-order valence-electron chi connectivity index (χ3n) is 6.05. The average molecular weight is 491 g/mol. The van der Waals surface area contributed by atoms with Crippen LogP contribution in [0.4, 0.5) is 11.4 Å². The van der Waals surface area contributed by atoms with E-state index < -0.39 is 5.41 Å². The molecule has 32 heavy (non-hydrogen) atoms. The Morgan fingerprint density at radius 2 is 1.19 bits per heavy atom. The Morgan fingerprint density at radius 1 is 0.719 bits per heavy atom. The molecule has 0 spiro atoms. The lowest BCUT2D eigenvalue weighted by molar-refractivity contribution is -0.135. The van der Waals surface area contributed by atoms with Crippen LogP contribution in [0.1, 0.15) is 37.3 Å². The molecule has 3 aromatic carbocycles. The first-order chi connectivity index (χ1) is 15.6. The highest BCUT2D eigenvalue weighted by Gasteiger charge is 2.58. The van der Waals surface area contributed by atoms with Gasteiger partial charge in [-0.1, -0.05) is 96.4 Å². The van der Waals surface area contributed by atoms with Crippen molar-refractivity contribution < 1.29 is 9.59 Å². The van der Waals surface area contributed by atoms with E-state index in [2.05, 4.69) is 22.9 Å². The minimum atomic E-state index is -1.13. The molecule has 5 heteroatoms. The summed E-state index contributed by atoms with van der Waals surface area (Å²) in [5.41, 5.74) is 2.43. The van der Waals surface area contributed by atoms with Crippen LogP contribution in [0.3, 0.4) is 0 Å². The zero-order valence-electron chi connectivity index (χ0n) is 18.2. The fourth-order valence-electron chi connectivity index (χ4n) is 4.31. The van der Waals surface area contributed by atoms with Crippen LogP contribution in [-0.4, -0.2) is 11.8 Å². The monoisotopic (exact) mass is 490 g/mol. The van der Waals surface area contributed by atoms with Gasteiger partial charge < -0.3 is 0 Å². The Morgan fingerprint density at radius 3 is 1.62 bits per heavy atom. The van der Waals surface area contributed by atoms with Crippen molar-refractivity contribution in [1.29, 1.82) is 0 Å². The van der Waals surface area contributed by atoms with Crippen LogP contribution < -0.4 is 10.0 Å². The van der Waals surface area contributed by atoms with E-state index in [9.17, 15) is 9.59 Å². The molecular formula is C27H27BrN2O2. The second-order valence-electron chi connectivity index (χ2n) is 8.22. The Kier molecular flexibility index (Phi) is 6.75. The molecule has 164 valence electrons. The maximum Gasteiger partial charge on any atom is 0.262 e. The molecule has 4 rings (SSSR count). The molecule has 1 heterocycles. The average Bonchev–Trinajstić information content (AvgIpc) is 3.06. The molecule has 0 unspecified atom stereocenters. The van der Waals surface area contributed by atoms with Gasteiger partial charge >= 0.3 is 0 Å². The van der Waals surface area contributed by atoms with Gasteiger partial charge in [0.1, 0.15) is 5.41 Å². The van der Waals surface area contributed by atoms with Gasteiger partial charge in [-0.15, -0.1) is 0 Å². The third kappa shape index (κ3) is 4.09. The summed E-state index contributed by atoms with van der Waals surface area (Å²) in [6.45, 7) is 2.09. The van der Waals surface area contributed by atoms with Gasteiger partial charge in [-0.05, 0) is 48.2 Å². The normalized spacial score (nSPS) is 15.4. The highest BCUT2D eigenvalue weighted by molar-refractivity contribution is 9.08. The number of unbranched alkanes of at least 4 members (excludes halogenated alkanes) is 1. The molecule has 4 nitrogen and oxygen atoms in total. The molecule has 0 N–H and O–H groups in total. The van der Waals surface area contributed by atoms with Crippen molar-refractivity contribution in [1.82, 2.24) is 0 Å². The number of halogens is 1. The zero-order valence-corrected chi connectivity index (χ0v) is 19.8. The predicted molar refractivity (Wildman–Crippen MR) is 133 cm³/mol. The van der Waals surface area contributed by atoms with Crippen molar-refractivity contribution in [2.75, 3.05) is 10.0 Å². The summed E-state index contributed by atoms with van der Waals surface area (Å²) in [4.78, 5) is 28.2. The number of carbonyl (C=O) groups is 2. The molecule has 1 fully saturated rings. The fourth-order valence-corrected chi connectivity index (χ4v) is 4.68. The second-order valence-corrected chi connectivity index (χ2v) is 8.78. The number of hydrazine groups is 1. The number of rotatable bonds is 8. The van der Waals surface area contributed by atoms with Crippen molar-refractivity contribution >= 4 is 39.1 Å². The number of anilines is 2. The molecule has 1 aliphatic rings. The van der Waals surface area contributed by atoms with Crippen LogP contribution in [0.25, 0.3) is 0 Å². The zero-order chi connectivity index (χ0) is 22.6. The Hall–Kier alpha value is -2.92. The summed E-state index contributed by atoms with van der Waals surface area (Å²) in [6.07, 6.45) is 2.64. The Labute approximate surface area is 198 Å². The van der Waals surface area contributed by atoms with E-state index in [1.165, 1.54) is 0 Å². The largest absolute Gasteiger partial charge is 0.271 e. The molecule has 0 aliphatic carbocycles. The van der Waals surface area contributed by atoms with Crippen LogP contribution in [0, 0.1) is 5.41 Å². The van der Waals surface area contributed by atoms with Crippen LogP contribution in [0.2, 0.25) is 0 Å². The molecule has 0 atom stereocenters. The first kappa shape index (κ1) is 22.3. The van der Waals surface area contributed by atoms with Gasteiger partial charge in [0.15, 0.2) is 0 Å². The van der Waals surface area contributed by atoms with Gasteiger partial charge in [0.25, 0.3) is 11.8 Å². The lowest BCUT2D eigenvalue weighted by Crippen LogP contribution is -2.41. The summed E-state index contributed by atoms with van der Waals surface area (Å²) < 4.78 is 0. The van der Waals surface area contributed by atoms with Crippen molar-refractivity contribution in [3.63, 3.8) is 0 Å².